The van der Waals surface area contributed by atoms with Crippen LogP contribution < -0.4 is 14.8 Å². The van der Waals surface area contributed by atoms with E-state index in [0.717, 1.165) is 17.3 Å². The molecular formula is C19H18FN3O4S. The topological polar surface area (TPSA) is 86.5 Å². The van der Waals surface area contributed by atoms with E-state index in [1.54, 1.807) is 44.6 Å². The molecule has 1 amide bonds. The van der Waals surface area contributed by atoms with Gasteiger partial charge in [0, 0.05) is 6.54 Å². The van der Waals surface area contributed by atoms with Crippen LogP contribution in [0.2, 0.25) is 0 Å². The largest absolute Gasteiger partial charge is 0.497 e. The number of hydrogen-bond donors (Lipinski definition) is 1. The number of hydrogen-bond acceptors (Lipinski definition) is 7. The van der Waals surface area contributed by atoms with Crippen LogP contribution in [0.5, 0.6) is 11.5 Å². The molecule has 0 aliphatic carbocycles. The molecule has 0 aliphatic rings. The molecular weight excluding hydrogens is 385 g/mol. The van der Waals surface area contributed by atoms with Gasteiger partial charge in [-0.1, -0.05) is 23.9 Å². The van der Waals surface area contributed by atoms with Crippen LogP contribution in [-0.2, 0) is 11.3 Å². The van der Waals surface area contributed by atoms with Gasteiger partial charge in [-0.15, -0.1) is 10.2 Å². The Balaban J connectivity index is 1.57. The number of carbonyl (C=O) groups excluding carboxylic acids is 1. The number of amides is 1. The zero-order valence-corrected chi connectivity index (χ0v) is 16.1. The van der Waals surface area contributed by atoms with Crippen LogP contribution in [0.3, 0.4) is 0 Å². The molecule has 1 aromatic heterocycles. The van der Waals surface area contributed by atoms with E-state index in [-0.39, 0.29) is 28.6 Å². The van der Waals surface area contributed by atoms with E-state index < -0.39 is 0 Å². The highest BCUT2D eigenvalue weighted by Gasteiger charge is 2.16. The normalized spacial score (nSPS) is 10.5. The number of thioether (sulfide) groups is 1. The van der Waals surface area contributed by atoms with Crippen LogP contribution in [0.25, 0.3) is 11.5 Å². The second-order valence-corrected chi connectivity index (χ2v) is 6.56. The molecule has 3 rings (SSSR count). The molecule has 2 aromatic carbocycles. The Morgan fingerprint density at radius 3 is 2.64 bits per heavy atom. The van der Waals surface area contributed by atoms with E-state index in [2.05, 4.69) is 15.5 Å². The van der Waals surface area contributed by atoms with E-state index >= 15 is 0 Å². The molecule has 28 heavy (non-hydrogen) atoms. The minimum atomic E-state index is -0.314. The standard InChI is InChI=1S/C19H18FN3O4S/c1-25-14-7-8-16(26-2)15(9-14)18-22-23-19(27-18)28-11-17(24)21-10-12-3-5-13(20)6-4-12/h3-9H,10-11H2,1-2H3,(H,21,24). The van der Waals surface area contributed by atoms with Gasteiger partial charge in [0.2, 0.25) is 5.91 Å². The monoisotopic (exact) mass is 403 g/mol. The molecule has 0 unspecified atom stereocenters. The maximum absolute atomic E-state index is 12.9. The molecule has 0 bridgehead atoms. The van der Waals surface area contributed by atoms with Crippen molar-refractivity contribution in [2.24, 2.45) is 0 Å². The molecule has 0 saturated heterocycles. The van der Waals surface area contributed by atoms with Crippen molar-refractivity contribution in [3.05, 3.63) is 53.8 Å². The molecule has 0 radical (unpaired) electrons. The van der Waals surface area contributed by atoms with Crippen molar-refractivity contribution in [2.75, 3.05) is 20.0 Å². The maximum Gasteiger partial charge on any atom is 0.277 e. The summed E-state index contributed by atoms with van der Waals surface area (Å²) < 4.78 is 29.0. The van der Waals surface area contributed by atoms with Crippen molar-refractivity contribution in [1.29, 1.82) is 0 Å². The van der Waals surface area contributed by atoms with E-state index in [1.165, 1.54) is 12.1 Å². The van der Waals surface area contributed by atoms with Crippen molar-refractivity contribution in [3.8, 4) is 23.0 Å². The highest BCUT2D eigenvalue weighted by atomic mass is 32.2. The summed E-state index contributed by atoms with van der Waals surface area (Å²) in [6.07, 6.45) is 0. The van der Waals surface area contributed by atoms with Gasteiger partial charge in [-0.2, -0.15) is 0 Å². The molecule has 146 valence electrons. The van der Waals surface area contributed by atoms with Crippen LogP contribution in [0, 0.1) is 5.82 Å². The molecule has 0 atom stereocenters. The third kappa shape index (κ3) is 5.01. The lowest BCUT2D eigenvalue weighted by molar-refractivity contribution is -0.118. The van der Waals surface area contributed by atoms with Gasteiger partial charge in [0.1, 0.15) is 17.3 Å². The number of benzene rings is 2. The fraction of sp³-hybridized carbons (Fsp3) is 0.211. The number of methoxy groups -OCH3 is 2. The summed E-state index contributed by atoms with van der Waals surface area (Å²) in [7, 11) is 3.11. The molecule has 0 spiro atoms. The quantitative estimate of drug-likeness (QED) is 0.578. The van der Waals surface area contributed by atoms with Crippen LogP contribution >= 0.6 is 11.8 Å². The van der Waals surface area contributed by atoms with Gasteiger partial charge in [-0.05, 0) is 35.9 Å². The van der Waals surface area contributed by atoms with Gasteiger partial charge in [0.05, 0.1) is 25.5 Å². The lowest BCUT2D eigenvalue weighted by Crippen LogP contribution is -2.24. The van der Waals surface area contributed by atoms with E-state index in [4.69, 9.17) is 13.9 Å². The number of rotatable bonds is 8. The average Bonchev–Trinajstić information content (AvgIpc) is 3.20. The van der Waals surface area contributed by atoms with Gasteiger partial charge in [-0.3, -0.25) is 4.79 Å². The lowest BCUT2D eigenvalue weighted by Gasteiger charge is -2.07. The number of halogens is 1. The number of ether oxygens (including phenoxy) is 2. The molecule has 3 aromatic rings. The van der Waals surface area contributed by atoms with Crippen molar-refractivity contribution in [3.63, 3.8) is 0 Å². The number of nitrogens with zero attached hydrogens (tertiary/aromatic N) is 2. The van der Waals surface area contributed by atoms with Gasteiger partial charge >= 0.3 is 0 Å². The van der Waals surface area contributed by atoms with E-state index in [0.29, 0.717) is 23.6 Å². The number of aromatic nitrogens is 2. The van der Waals surface area contributed by atoms with Crippen LogP contribution in [-0.4, -0.2) is 36.1 Å². The highest BCUT2D eigenvalue weighted by molar-refractivity contribution is 7.99. The number of carbonyl (C=O) groups is 1. The Morgan fingerprint density at radius 1 is 1.14 bits per heavy atom. The van der Waals surface area contributed by atoms with Gasteiger partial charge in [0.25, 0.3) is 11.1 Å². The second-order valence-electron chi connectivity index (χ2n) is 5.63. The smallest absolute Gasteiger partial charge is 0.277 e. The fourth-order valence-electron chi connectivity index (χ4n) is 2.34. The molecule has 1 heterocycles. The maximum atomic E-state index is 12.9. The fourth-order valence-corrected chi connectivity index (χ4v) is 2.93. The van der Waals surface area contributed by atoms with Crippen LogP contribution in [0.15, 0.2) is 52.1 Å². The Bertz CT molecular complexity index is 947. The molecule has 9 heteroatoms. The summed E-state index contributed by atoms with van der Waals surface area (Å²) in [5, 5.41) is 11.0. The second kappa shape index (κ2) is 9.23. The summed E-state index contributed by atoms with van der Waals surface area (Å²) >= 11 is 1.12. The molecule has 0 aliphatic heterocycles. The van der Waals surface area contributed by atoms with Crippen LogP contribution in [0.4, 0.5) is 4.39 Å². The minimum Gasteiger partial charge on any atom is -0.497 e. The molecule has 7 nitrogen and oxygen atoms in total. The predicted molar refractivity (Wildman–Crippen MR) is 102 cm³/mol. The zero-order valence-electron chi connectivity index (χ0n) is 15.3. The first-order chi connectivity index (χ1) is 13.6. The van der Waals surface area contributed by atoms with Gasteiger partial charge in [0.15, 0.2) is 0 Å². The van der Waals surface area contributed by atoms with Crippen molar-refractivity contribution < 1.29 is 23.1 Å². The first kappa shape index (κ1) is 19.7. The predicted octanol–water partition coefficient (Wildman–Crippen LogP) is 3.30. The van der Waals surface area contributed by atoms with Crippen molar-refractivity contribution in [1.82, 2.24) is 15.5 Å². The van der Waals surface area contributed by atoms with Gasteiger partial charge in [-0.25, -0.2) is 4.39 Å². The Labute approximate surface area is 165 Å². The Morgan fingerprint density at radius 2 is 1.93 bits per heavy atom. The summed E-state index contributed by atoms with van der Waals surface area (Å²) in [5.41, 5.74) is 1.41. The van der Waals surface area contributed by atoms with Crippen LogP contribution in [0.1, 0.15) is 5.56 Å². The summed E-state index contributed by atoms with van der Waals surface area (Å²) in [4.78, 5) is 12.0. The molecule has 1 N–H and O–H groups in total. The molecule has 0 fully saturated rings. The molecule has 0 saturated carbocycles. The summed E-state index contributed by atoms with van der Waals surface area (Å²) in [6, 6.07) is 11.2. The Kier molecular flexibility index (Phi) is 6.49. The lowest BCUT2D eigenvalue weighted by atomic mass is 10.2. The van der Waals surface area contributed by atoms with Crippen molar-refractivity contribution >= 4 is 17.7 Å². The first-order valence-corrected chi connectivity index (χ1v) is 9.27. The minimum absolute atomic E-state index is 0.109. The third-order valence-corrected chi connectivity index (χ3v) is 4.59. The number of nitrogens with one attached hydrogen (secondary N) is 1. The van der Waals surface area contributed by atoms with E-state index in [1.807, 2.05) is 0 Å². The highest BCUT2D eigenvalue weighted by Crippen LogP contribution is 2.33. The first-order valence-electron chi connectivity index (χ1n) is 8.29. The average molecular weight is 403 g/mol. The third-order valence-electron chi connectivity index (χ3n) is 3.77. The van der Waals surface area contributed by atoms with Gasteiger partial charge < -0.3 is 19.2 Å². The Hall–Kier alpha value is -3.07. The zero-order chi connectivity index (χ0) is 19.9. The summed E-state index contributed by atoms with van der Waals surface area (Å²) in [5.74, 6) is 1.06. The SMILES string of the molecule is COc1ccc(OC)c(-c2nnc(SCC(=O)NCc3ccc(F)cc3)o2)c1. The summed E-state index contributed by atoms with van der Waals surface area (Å²) in [6.45, 7) is 0.315. The van der Waals surface area contributed by atoms with Crippen molar-refractivity contribution in [2.45, 2.75) is 11.8 Å². The van der Waals surface area contributed by atoms with E-state index in [9.17, 15) is 9.18 Å².